The molecule has 1 aromatic carbocycles. The van der Waals surface area contributed by atoms with Crippen LogP contribution in [0, 0.1) is 0 Å². The Morgan fingerprint density at radius 1 is 1.47 bits per heavy atom. The summed E-state index contributed by atoms with van der Waals surface area (Å²) in [6.45, 7) is 0.482. The van der Waals surface area contributed by atoms with Crippen LogP contribution in [-0.2, 0) is 4.84 Å². The van der Waals surface area contributed by atoms with Gasteiger partial charge in [-0.05, 0) is 48.1 Å². The molecule has 1 aromatic rings. The van der Waals surface area contributed by atoms with Crippen molar-refractivity contribution in [3.05, 3.63) is 35.9 Å². The van der Waals surface area contributed by atoms with Crippen LogP contribution in [0.4, 0.5) is 0 Å². The Hall–Kier alpha value is -1.68. The predicted octanol–water partition coefficient (Wildman–Crippen LogP) is 2.04. The Kier molecular flexibility index (Phi) is 3.88. The quantitative estimate of drug-likeness (QED) is 0.654. The van der Waals surface area contributed by atoms with Crippen molar-refractivity contribution in [2.45, 2.75) is 6.10 Å². The van der Waals surface area contributed by atoms with Crippen molar-refractivity contribution >= 4 is 23.1 Å². The lowest BCUT2D eigenvalue weighted by Gasteiger charge is -2.05. The van der Waals surface area contributed by atoms with Gasteiger partial charge in [0.1, 0.15) is 11.9 Å². The van der Waals surface area contributed by atoms with Crippen molar-refractivity contribution in [2.75, 3.05) is 13.7 Å². The fourth-order valence-corrected chi connectivity index (χ4v) is 1.61. The van der Waals surface area contributed by atoms with Crippen molar-refractivity contribution in [1.29, 1.82) is 0 Å². The highest BCUT2D eigenvalue weighted by Crippen LogP contribution is 2.21. The number of thiocarbonyl (C=S) groups is 1. The number of nitrogens with one attached hydrogen (secondary N) is 1. The van der Waals surface area contributed by atoms with Crippen LogP contribution < -0.4 is 10.2 Å². The molecule has 1 atom stereocenters. The Bertz CT molecular complexity index is 464. The molecule has 88 valence electrons. The maximum atomic E-state index is 5.32. The molecule has 0 aromatic heterocycles. The number of methoxy groups -OCH3 is 1. The van der Waals surface area contributed by atoms with Gasteiger partial charge in [0.15, 0.2) is 0 Å². The van der Waals surface area contributed by atoms with Gasteiger partial charge in [-0.25, -0.2) is 4.99 Å². The molecule has 5 heteroatoms. The fourth-order valence-electron chi connectivity index (χ4n) is 1.54. The average Bonchev–Trinajstić information content (AvgIpc) is 2.85. The third-order valence-electron chi connectivity index (χ3n) is 2.41. The monoisotopic (exact) mass is 248 g/mol. The first-order valence-electron chi connectivity index (χ1n) is 5.15. The van der Waals surface area contributed by atoms with E-state index in [1.807, 2.05) is 30.3 Å². The first kappa shape index (κ1) is 11.8. The van der Waals surface area contributed by atoms with Gasteiger partial charge in [-0.2, -0.15) is 0 Å². The van der Waals surface area contributed by atoms with Crippen LogP contribution in [0.1, 0.15) is 5.56 Å². The molecule has 1 N–H and O–H groups in total. The maximum absolute atomic E-state index is 5.32. The number of hydrogen-bond acceptors (Lipinski definition) is 5. The zero-order valence-electron chi connectivity index (χ0n) is 9.34. The Labute approximate surface area is 105 Å². The third kappa shape index (κ3) is 2.91. The summed E-state index contributed by atoms with van der Waals surface area (Å²) >= 11 is 4.51. The Morgan fingerprint density at radius 2 is 2.24 bits per heavy atom. The minimum absolute atomic E-state index is 0.0949. The lowest BCUT2D eigenvalue weighted by Crippen LogP contribution is -2.14. The minimum atomic E-state index is -0.0949. The van der Waals surface area contributed by atoms with E-state index in [0.717, 1.165) is 17.0 Å². The molecule has 1 aliphatic heterocycles. The molecule has 0 bridgehead atoms. The molecular weight excluding hydrogens is 236 g/mol. The second-order valence-corrected chi connectivity index (χ2v) is 3.68. The molecule has 0 amide bonds. The highest BCUT2D eigenvalue weighted by Gasteiger charge is 2.16. The summed E-state index contributed by atoms with van der Waals surface area (Å²) in [5, 5.41) is 2.32. The summed E-state index contributed by atoms with van der Waals surface area (Å²) in [7, 11) is 1.64. The SMILES string of the molecule is COc1ccc(C2=CC(CN=C=S)ON2)cc1. The summed E-state index contributed by atoms with van der Waals surface area (Å²) in [6, 6.07) is 7.73. The van der Waals surface area contributed by atoms with Crippen molar-refractivity contribution in [2.24, 2.45) is 4.99 Å². The lowest BCUT2D eigenvalue weighted by atomic mass is 10.1. The van der Waals surface area contributed by atoms with Crippen LogP contribution >= 0.6 is 12.2 Å². The van der Waals surface area contributed by atoms with Gasteiger partial charge >= 0.3 is 0 Å². The highest BCUT2D eigenvalue weighted by atomic mass is 32.1. The molecule has 0 fully saturated rings. The van der Waals surface area contributed by atoms with Gasteiger partial charge < -0.3 is 4.74 Å². The number of aliphatic imine (C=N–C) groups is 1. The van der Waals surface area contributed by atoms with E-state index >= 15 is 0 Å². The van der Waals surface area contributed by atoms with Crippen LogP contribution in [0.25, 0.3) is 5.70 Å². The largest absolute Gasteiger partial charge is 0.497 e. The summed E-state index contributed by atoms with van der Waals surface area (Å²) in [6.07, 6.45) is 1.88. The number of benzene rings is 1. The van der Waals surface area contributed by atoms with Gasteiger partial charge in [0.2, 0.25) is 0 Å². The second-order valence-electron chi connectivity index (χ2n) is 3.50. The van der Waals surface area contributed by atoms with E-state index in [-0.39, 0.29) is 6.10 Å². The summed E-state index contributed by atoms with van der Waals surface area (Å²) in [4.78, 5) is 9.17. The number of isothiocyanates is 1. The van der Waals surface area contributed by atoms with Crippen LogP contribution in [-0.4, -0.2) is 24.9 Å². The zero-order chi connectivity index (χ0) is 12.1. The van der Waals surface area contributed by atoms with E-state index in [4.69, 9.17) is 9.57 Å². The standard InChI is InChI=1S/C12H12N2O2S/c1-15-10-4-2-9(3-5-10)12-6-11(16-14-12)7-13-8-17/h2-6,11,14H,7H2,1H3. The number of hydrogen-bond donors (Lipinski definition) is 1. The highest BCUT2D eigenvalue weighted by molar-refractivity contribution is 7.78. The Balaban J connectivity index is 2.09. The molecule has 4 nitrogen and oxygen atoms in total. The molecule has 1 heterocycles. The summed E-state index contributed by atoms with van der Waals surface area (Å²) < 4.78 is 5.10. The lowest BCUT2D eigenvalue weighted by molar-refractivity contribution is 0.0571. The van der Waals surface area contributed by atoms with Gasteiger partial charge in [-0.15, -0.1) is 0 Å². The van der Waals surface area contributed by atoms with E-state index in [1.165, 1.54) is 0 Å². The molecule has 2 rings (SSSR count). The number of nitrogens with zero attached hydrogens (tertiary/aromatic N) is 1. The first-order valence-corrected chi connectivity index (χ1v) is 5.56. The van der Waals surface area contributed by atoms with E-state index in [0.29, 0.717) is 6.54 Å². The van der Waals surface area contributed by atoms with Gasteiger partial charge in [0.05, 0.1) is 24.5 Å². The predicted molar refractivity (Wildman–Crippen MR) is 68.9 cm³/mol. The Morgan fingerprint density at radius 3 is 2.88 bits per heavy atom. The second kappa shape index (κ2) is 5.59. The molecule has 17 heavy (non-hydrogen) atoms. The van der Waals surface area contributed by atoms with Crippen LogP contribution in [0.15, 0.2) is 35.3 Å². The molecule has 0 aliphatic carbocycles. The van der Waals surface area contributed by atoms with Crippen LogP contribution in [0.2, 0.25) is 0 Å². The van der Waals surface area contributed by atoms with Gasteiger partial charge in [-0.1, -0.05) is 0 Å². The van der Waals surface area contributed by atoms with E-state index < -0.39 is 0 Å². The number of ether oxygens (including phenoxy) is 1. The molecule has 1 unspecified atom stereocenters. The molecule has 1 aliphatic rings. The van der Waals surface area contributed by atoms with Gasteiger partial charge in [0.25, 0.3) is 0 Å². The first-order chi connectivity index (χ1) is 8.33. The molecular formula is C12H12N2O2S. The minimum Gasteiger partial charge on any atom is -0.497 e. The van der Waals surface area contributed by atoms with E-state index in [9.17, 15) is 0 Å². The number of hydroxylamine groups is 1. The van der Waals surface area contributed by atoms with Crippen molar-refractivity contribution in [1.82, 2.24) is 5.48 Å². The van der Waals surface area contributed by atoms with Crippen LogP contribution in [0.3, 0.4) is 0 Å². The zero-order valence-corrected chi connectivity index (χ0v) is 10.2. The topological polar surface area (TPSA) is 42.9 Å². The summed E-state index contributed by atoms with van der Waals surface area (Å²) in [5.41, 5.74) is 4.84. The fraction of sp³-hybridized carbons (Fsp3) is 0.250. The number of rotatable bonds is 4. The average molecular weight is 248 g/mol. The van der Waals surface area contributed by atoms with Gasteiger partial charge in [-0.3, -0.25) is 10.3 Å². The van der Waals surface area contributed by atoms with Crippen molar-refractivity contribution < 1.29 is 9.57 Å². The molecule has 0 spiro atoms. The summed E-state index contributed by atoms with van der Waals surface area (Å²) in [5.74, 6) is 0.829. The van der Waals surface area contributed by atoms with Crippen LogP contribution in [0.5, 0.6) is 5.75 Å². The molecule has 0 saturated carbocycles. The van der Waals surface area contributed by atoms with Crippen molar-refractivity contribution in [3.63, 3.8) is 0 Å². The van der Waals surface area contributed by atoms with E-state index in [1.54, 1.807) is 7.11 Å². The normalized spacial score (nSPS) is 17.9. The third-order valence-corrected chi connectivity index (χ3v) is 2.54. The van der Waals surface area contributed by atoms with Crippen molar-refractivity contribution in [3.8, 4) is 5.75 Å². The molecule has 0 radical (unpaired) electrons. The smallest absolute Gasteiger partial charge is 0.126 e. The van der Waals surface area contributed by atoms with Gasteiger partial charge in [0, 0.05) is 0 Å². The molecule has 0 saturated heterocycles. The van der Waals surface area contributed by atoms with E-state index in [2.05, 4.69) is 27.9 Å². The maximum Gasteiger partial charge on any atom is 0.126 e.